The molecule has 0 saturated heterocycles. The maximum Gasteiger partial charge on any atom is 0.340 e. The van der Waals surface area contributed by atoms with Crippen molar-refractivity contribution in [2.75, 3.05) is 0 Å². The van der Waals surface area contributed by atoms with E-state index in [4.69, 9.17) is 4.74 Å². The van der Waals surface area contributed by atoms with Gasteiger partial charge >= 0.3 is 5.97 Å². The highest BCUT2D eigenvalue weighted by atomic mass is 16.5. The average Bonchev–Trinajstić information content (AvgIpc) is 2.25. The molecule has 0 N–H and O–H groups in total. The summed E-state index contributed by atoms with van der Waals surface area (Å²) in [6.45, 7) is 7.43. The number of aromatic nitrogens is 1. The predicted molar refractivity (Wildman–Crippen MR) is 58.7 cm³/mol. The molecule has 1 rings (SSSR count). The van der Waals surface area contributed by atoms with E-state index in [-0.39, 0.29) is 12.1 Å². The van der Waals surface area contributed by atoms with Gasteiger partial charge in [0.2, 0.25) is 0 Å². The molecule has 0 aromatic carbocycles. The first-order valence-corrected chi connectivity index (χ1v) is 4.92. The molecule has 80 valence electrons. The molecule has 0 amide bonds. The average molecular weight is 205 g/mol. The van der Waals surface area contributed by atoms with E-state index in [0.717, 1.165) is 12.0 Å². The standard InChI is InChI=1S/C12H15NO2/c1-4-11(5-2)15-12(14)10-6-9(3)7-13-8-10/h4,6-8,11H,1,5H2,2-3H3/t11-/m0/s1. The molecule has 0 fully saturated rings. The van der Waals surface area contributed by atoms with Crippen molar-refractivity contribution in [3.8, 4) is 0 Å². The van der Waals surface area contributed by atoms with Gasteiger partial charge in [-0.05, 0) is 25.0 Å². The summed E-state index contributed by atoms with van der Waals surface area (Å²) in [5, 5.41) is 0. The minimum atomic E-state index is -0.349. The molecule has 0 bridgehead atoms. The second-order valence-corrected chi connectivity index (χ2v) is 3.34. The molecule has 0 radical (unpaired) electrons. The summed E-state index contributed by atoms with van der Waals surface area (Å²) in [5.41, 5.74) is 1.42. The number of hydrogen-bond acceptors (Lipinski definition) is 3. The molecule has 0 saturated carbocycles. The van der Waals surface area contributed by atoms with Gasteiger partial charge in [0.1, 0.15) is 6.10 Å². The Morgan fingerprint density at radius 3 is 2.93 bits per heavy atom. The predicted octanol–water partition coefficient (Wildman–Crippen LogP) is 2.51. The van der Waals surface area contributed by atoms with Crippen molar-refractivity contribution in [2.45, 2.75) is 26.4 Å². The van der Waals surface area contributed by atoms with Crippen molar-refractivity contribution in [2.24, 2.45) is 0 Å². The van der Waals surface area contributed by atoms with Crippen molar-refractivity contribution < 1.29 is 9.53 Å². The fourth-order valence-electron chi connectivity index (χ4n) is 1.17. The molecule has 0 spiro atoms. The van der Waals surface area contributed by atoms with Crippen LogP contribution in [0.25, 0.3) is 0 Å². The largest absolute Gasteiger partial charge is 0.455 e. The molecule has 3 nitrogen and oxygen atoms in total. The van der Waals surface area contributed by atoms with Crippen LogP contribution in [-0.4, -0.2) is 17.1 Å². The summed E-state index contributed by atoms with van der Waals surface area (Å²) in [5.74, 6) is -0.349. The zero-order valence-electron chi connectivity index (χ0n) is 9.06. The van der Waals surface area contributed by atoms with Crippen LogP contribution in [0.4, 0.5) is 0 Å². The van der Waals surface area contributed by atoms with Crippen LogP contribution in [0.15, 0.2) is 31.1 Å². The molecular weight excluding hydrogens is 190 g/mol. The monoisotopic (exact) mass is 205 g/mol. The lowest BCUT2D eigenvalue weighted by atomic mass is 10.2. The van der Waals surface area contributed by atoms with Crippen molar-refractivity contribution in [1.82, 2.24) is 4.98 Å². The molecule has 0 unspecified atom stereocenters. The third kappa shape index (κ3) is 3.20. The van der Waals surface area contributed by atoms with Gasteiger partial charge in [-0.15, -0.1) is 0 Å². The van der Waals surface area contributed by atoms with Gasteiger partial charge < -0.3 is 4.74 Å². The highest BCUT2D eigenvalue weighted by Crippen LogP contribution is 2.07. The molecule has 3 heteroatoms. The van der Waals surface area contributed by atoms with Gasteiger partial charge in [-0.25, -0.2) is 4.79 Å². The maximum absolute atomic E-state index is 11.6. The number of aryl methyl sites for hydroxylation is 1. The molecule has 1 aromatic rings. The maximum atomic E-state index is 11.6. The van der Waals surface area contributed by atoms with E-state index in [9.17, 15) is 4.79 Å². The van der Waals surface area contributed by atoms with Crippen LogP contribution in [-0.2, 0) is 4.74 Å². The highest BCUT2D eigenvalue weighted by Gasteiger charge is 2.11. The molecule has 0 aliphatic rings. The van der Waals surface area contributed by atoms with Gasteiger partial charge in [0.05, 0.1) is 5.56 Å². The topological polar surface area (TPSA) is 39.2 Å². The number of ether oxygens (including phenoxy) is 1. The van der Waals surface area contributed by atoms with Crippen LogP contribution in [0.3, 0.4) is 0 Å². The number of carbonyl (C=O) groups is 1. The third-order valence-electron chi connectivity index (χ3n) is 2.03. The lowest BCUT2D eigenvalue weighted by Crippen LogP contribution is -2.15. The van der Waals surface area contributed by atoms with E-state index in [2.05, 4.69) is 11.6 Å². The summed E-state index contributed by atoms with van der Waals surface area (Å²) >= 11 is 0. The third-order valence-corrected chi connectivity index (χ3v) is 2.03. The Hall–Kier alpha value is -1.64. The van der Waals surface area contributed by atoms with Crippen LogP contribution < -0.4 is 0 Å². The molecule has 15 heavy (non-hydrogen) atoms. The Labute approximate surface area is 89.8 Å². The van der Waals surface area contributed by atoms with Crippen LogP contribution in [0, 0.1) is 6.92 Å². The fraction of sp³-hybridized carbons (Fsp3) is 0.333. The van der Waals surface area contributed by atoms with Crippen LogP contribution in [0.2, 0.25) is 0 Å². The van der Waals surface area contributed by atoms with Gasteiger partial charge in [-0.3, -0.25) is 4.98 Å². The van der Waals surface area contributed by atoms with E-state index in [1.165, 1.54) is 6.20 Å². The number of nitrogens with zero attached hydrogens (tertiary/aromatic N) is 1. The Balaban J connectivity index is 2.72. The Bertz CT molecular complexity index is 360. The smallest absolute Gasteiger partial charge is 0.340 e. The van der Waals surface area contributed by atoms with Gasteiger partial charge in [0.25, 0.3) is 0 Å². The van der Waals surface area contributed by atoms with Gasteiger partial charge in [0.15, 0.2) is 0 Å². The number of carbonyl (C=O) groups excluding carboxylic acids is 1. The van der Waals surface area contributed by atoms with Crippen molar-refractivity contribution in [1.29, 1.82) is 0 Å². The second kappa shape index (κ2) is 5.29. The number of pyridine rings is 1. The van der Waals surface area contributed by atoms with Gasteiger partial charge in [-0.2, -0.15) is 0 Å². The quantitative estimate of drug-likeness (QED) is 0.560. The molecular formula is C12H15NO2. The van der Waals surface area contributed by atoms with Gasteiger partial charge in [0, 0.05) is 12.4 Å². The first-order valence-electron chi connectivity index (χ1n) is 4.92. The van der Waals surface area contributed by atoms with Crippen molar-refractivity contribution >= 4 is 5.97 Å². The summed E-state index contributed by atoms with van der Waals surface area (Å²) in [6.07, 6.45) is 5.33. The van der Waals surface area contributed by atoms with E-state index >= 15 is 0 Å². The fourth-order valence-corrected chi connectivity index (χ4v) is 1.17. The normalized spacial score (nSPS) is 11.9. The highest BCUT2D eigenvalue weighted by molar-refractivity contribution is 5.89. The summed E-state index contributed by atoms with van der Waals surface area (Å²) < 4.78 is 5.19. The number of hydrogen-bond donors (Lipinski definition) is 0. The molecule has 0 aliphatic carbocycles. The molecule has 0 aliphatic heterocycles. The zero-order valence-corrected chi connectivity index (χ0v) is 9.06. The summed E-state index contributed by atoms with van der Waals surface area (Å²) in [4.78, 5) is 15.6. The van der Waals surface area contributed by atoms with E-state index in [1.807, 2.05) is 13.8 Å². The number of rotatable bonds is 4. The van der Waals surface area contributed by atoms with E-state index < -0.39 is 0 Å². The second-order valence-electron chi connectivity index (χ2n) is 3.34. The minimum Gasteiger partial charge on any atom is -0.455 e. The molecule has 1 aromatic heterocycles. The van der Waals surface area contributed by atoms with Crippen molar-refractivity contribution in [3.63, 3.8) is 0 Å². The Morgan fingerprint density at radius 1 is 1.67 bits per heavy atom. The first kappa shape index (κ1) is 11.4. The van der Waals surface area contributed by atoms with Crippen LogP contribution >= 0.6 is 0 Å². The summed E-state index contributed by atoms with van der Waals surface area (Å²) in [7, 11) is 0. The first-order chi connectivity index (χ1) is 7.17. The van der Waals surface area contributed by atoms with E-state index in [1.54, 1.807) is 18.3 Å². The SMILES string of the molecule is C=C[C@@H](CC)OC(=O)c1cncc(C)c1. The van der Waals surface area contributed by atoms with E-state index in [0.29, 0.717) is 5.56 Å². The van der Waals surface area contributed by atoms with Crippen LogP contribution in [0.1, 0.15) is 29.3 Å². The Morgan fingerprint density at radius 2 is 2.40 bits per heavy atom. The molecule has 1 atom stereocenters. The lowest BCUT2D eigenvalue weighted by molar-refractivity contribution is 0.0388. The minimum absolute atomic E-state index is 0.224. The van der Waals surface area contributed by atoms with Crippen LogP contribution in [0.5, 0.6) is 0 Å². The number of esters is 1. The zero-order chi connectivity index (χ0) is 11.3. The molecule has 1 heterocycles. The summed E-state index contributed by atoms with van der Waals surface area (Å²) in [6, 6.07) is 1.76. The Kier molecular flexibility index (Phi) is 4.03. The lowest BCUT2D eigenvalue weighted by Gasteiger charge is -2.11. The van der Waals surface area contributed by atoms with Gasteiger partial charge in [-0.1, -0.05) is 19.6 Å². The van der Waals surface area contributed by atoms with Crippen molar-refractivity contribution in [3.05, 3.63) is 42.2 Å².